The molecule has 2 rings (SSSR count). The van der Waals surface area contributed by atoms with Crippen LogP contribution < -0.4 is 0 Å². The highest BCUT2D eigenvalue weighted by atomic mass is 79.9. The number of rotatable bonds is 0. The van der Waals surface area contributed by atoms with Gasteiger partial charge in [0.1, 0.15) is 12.1 Å². The molecule has 1 aliphatic heterocycles. The highest BCUT2D eigenvalue weighted by Gasteiger charge is 2.43. The third-order valence-electron chi connectivity index (χ3n) is 3.41. The van der Waals surface area contributed by atoms with E-state index < -0.39 is 11.1 Å². The van der Waals surface area contributed by atoms with E-state index in [0.717, 1.165) is 15.6 Å². The average molecular weight is 351 g/mol. The second-order valence-electron chi connectivity index (χ2n) is 6.52. The second-order valence-corrected chi connectivity index (χ2v) is 7.44. The van der Waals surface area contributed by atoms with Gasteiger partial charge in [-0.3, -0.25) is 4.90 Å². The van der Waals surface area contributed by atoms with Crippen molar-refractivity contribution in [3.63, 3.8) is 0 Å². The van der Waals surface area contributed by atoms with Crippen molar-refractivity contribution in [3.05, 3.63) is 45.2 Å². The normalized spacial score (nSPS) is 21.4. The molecule has 1 unspecified atom stereocenters. The molecule has 0 bridgehead atoms. The number of amides is 1. The number of hydrogen-bond donors (Lipinski definition) is 0. The first kappa shape index (κ1) is 15.8. The lowest BCUT2D eigenvalue weighted by molar-refractivity contribution is 0.0184. The number of nitrogens with zero attached hydrogens (tertiary/aromatic N) is 2. The molecule has 0 N–H and O–H groups in total. The van der Waals surface area contributed by atoms with Crippen molar-refractivity contribution in [2.75, 3.05) is 6.54 Å². The van der Waals surface area contributed by atoms with Crippen LogP contribution in [0.25, 0.3) is 4.85 Å². The molecular formula is C16H19BrN2O2. The minimum absolute atomic E-state index is 0.342. The number of carbonyl (C=O) groups excluding carboxylic acids is 1. The van der Waals surface area contributed by atoms with E-state index in [1.807, 2.05) is 45.9 Å². The zero-order valence-electron chi connectivity index (χ0n) is 12.7. The first-order valence-electron chi connectivity index (χ1n) is 6.80. The van der Waals surface area contributed by atoms with Crippen LogP contribution in [0.2, 0.25) is 0 Å². The van der Waals surface area contributed by atoms with Crippen molar-refractivity contribution in [1.82, 2.24) is 4.90 Å². The SMILES string of the molecule is [C-]#[N+]C1(C)CN(C(=O)OC(C)(C)C)Cc2ccc(Br)cc21. The molecule has 0 saturated carbocycles. The number of halogens is 1. The summed E-state index contributed by atoms with van der Waals surface area (Å²) in [6.45, 7) is 15.7. The van der Waals surface area contributed by atoms with Gasteiger partial charge in [0.25, 0.3) is 5.54 Å². The van der Waals surface area contributed by atoms with E-state index in [-0.39, 0.29) is 6.09 Å². The number of benzene rings is 1. The molecule has 5 heteroatoms. The molecule has 0 spiro atoms. The largest absolute Gasteiger partial charge is 0.444 e. The van der Waals surface area contributed by atoms with E-state index in [1.165, 1.54) is 0 Å². The number of ether oxygens (including phenoxy) is 1. The Balaban J connectivity index is 2.35. The molecule has 1 aromatic carbocycles. The van der Waals surface area contributed by atoms with Crippen molar-refractivity contribution < 1.29 is 9.53 Å². The van der Waals surface area contributed by atoms with Crippen LogP contribution in [0.15, 0.2) is 22.7 Å². The molecule has 1 amide bonds. The van der Waals surface area contributed by atoms with E-state index in [2.05, 4.69) is 20.8 Å². The smallest absolute Gasteiger partial charge is 0.410 e. The Morgan fingerprint density at radius 2 is 2.14 bits per heavy atom. The molecule has 0 aromatic heterocycles. The molecule has 1 atom stereocenters. The molecule has 21 heavy (non-hydrogen) atoms. The monoisotopic (exact) mass is 350 g/mol. The van der Waals surface area contributed by atoms with Crippen LogP contribution in [0.3, 0.4) is 0 Å². The van der Waals surface area contributed by atoms with Gasteiger partial charge in [0.15, 0.2) is 0 Å². The third kappa shape index (κ3) is 3.38. The van der Waals surface area contributed by atoms with Gasteiger partial charge in [-0.25, -0.2) is 11.4 Å². The summed E-state index contributed by atoms with van der Waals surface area (Å²) in [6, 6.07) is 5.86. The number of carbonyl (C=O) groups is 1. The van der Waals surface area contributed by atoms with Crippen molar-refractivity contribution in [3.8, 4) is 0 Å². The highest BCUT2D eigenvalue weighted by molar-refractivity contribution is 9.10. The predicted molar refractivity (Wildman–Crippen MR) is 84.7 cm³/mol. The van der Waals surface area contributed by atoms with Crippen LogP contribution in [0.1, 0.15) is 38.8 Å². The minimum Gasteiger partial charge on any atom is -0.444 e. The molecule has 1 aliphatic rings. The Labute approximate surface area is 134 Å². The van der Waals surface area contributed by atoms with Crippen LogP contribution in [0.4, 0.5) is 4.79 Å². The zero-order valence-corrected chi connectivity index (χ0v) is 14.3. The second kappa shape index (κ2) is 5.34. The Hall–Kier alpha value is -1.54. The summed E-state index contributed by atoms with van der Waals surface area (Å²) >= 11 is 3.45. The van der Waals surface area contributed by atoms with Gasteiger partial charge in [0, 0.05) is 23.5 Å². The van der Waals surface area contributed by atoms with Gasteiger partial charge in [-0.15, -0.1) is 0 Å². The van der Waals surface area contributed by atoms with Gasteiger partial charge in [0.2, 0.25) is 0 Å². The molecule has 4 nitrogen and oxygen atoms in total. The van der Waals surface area contributed by atoms with E-state index in [1.54, 1.807) is 4.90 Å². The quantitative estimate of drug-likeness (QED) is 0.652. The van der Waals surface area contributed by atoms with Gasteiger partial charge in [0.05, 0.1) is 0 Å². The Morgan fingerprint density at radius 3 is 2.71 bits per heavy atom. The summed E-state index contributed by atoms with van der Waals surface area (Å²) < 4.78 is 6.37. The first-order valence-corrected chi connectivity index (χ1v) is 7.59. The fourth-order valence-corrected chi connectivity index (χ4v) is 2.82. The fraction of sp³-hybridized carbons (Fsp3) is 0.500. The van der Waals surface area contributed by atoms with Gasteiger partial charge in [-0.1, -0.05) is 22.0 Å². The van der Waals surface area contributed by atoms with Crippen molar-refractivity contribution in [2.24, 2.45) is 0 Å². The van der Waals surface area contributed by atoms with Gasteiger partial charge >= 0.3 is 6.09 Å². The maximum Gasteiger partial charge on any atom is 0.410 e. The van der Waals surface area contributed by atoms with Crippen molar-refractivity contribution in [2.45, 2.75) is 45.4 Å². The Morgan fingerprint density at radius 1 is 1.48 bits per heavy atom. The topological polar surface area (TPSA) is 33.9 Å². The summed E-state index contributed by atoms with van der Waals surface area (Å²) in [5, 5.41) is 0. The fourth-order valence-electron chi connectivity index (χ4n) is 2.46. The van der Waals surface area contributed by atoms with E-state index in [9.17, 15) is 4.79 Å². The Kier molecular flexibility index (Phi) is 4.03. The van der Waals surface area contributed by atoms with Crippen LogP contribution in [0, 0.1) is 6.57 Å². The van der Waals surface area contributed by atoms with Crippen LogP contribution in [-0.4, -0.2) is 23.1 Å². The summed E-state index contributed by atoms with van der Waals surface area (Å²) in [5.74, 6) is 0. The van der Waals surface area contributed by atoms with Crippen LogP contribution in [0.5, 0.6) is 0 Å². The van der Waals surface area contributed by atoms with E-state index in [4.69, 9.17) is 11.3 Å². The summed E-state index contributed by atoms with van der Waals surface area (Å²) in [6.07, 6.45) is -0.369. The molecule has 0 saturated heterocycles. The molecule has 1 heterocycles. The van der Waals surface area contributed by atoms with Gasteiger partial charge < -0.3 is 9.58 Å². The van der Waals surface area contributed by atoms with E-state index >= 15 is 0 Å². The minimum atomic E-state index is -0.742. The maximum absolute atomic E-state index is 12.3. The van der Waals surface area contributed by atoms with E-state index in [0.29, 0.717) is 13.1 Å². The Bertz CT molecular complexity index is 616. The molecule has 0 aliphatic carbocycles. The summed E-state index contributed by atoms with van der Waals surface area (Å²) in [4.78, 5) is 17.7. The lowest BCUT2D eigenvalue weighted by atomic mass is 9.85. The lowest BCUT2D eigenvalue weighted by Crippen LogP contribution is -2.46. The molecule has 0 fully saturated rings. The molecule has 0 radical (unpaired) electrons. The zero-order chi connectivity index (χ0) is 15.8. The molecule has 112 valence electrons. The number of fused-ring (bicyclic) bond motifs is 1. The highest BCUT2D eigenvalue weighted by Crippen LogP contribution is 2.37. The molecular weight excluding hydrogens is 332 g/mol. The molecule has 1 aromatic rings. The van der Waals surface area contributed by atoms with Gasteiger partial charge in [-0.2, -0.15) is 0 Å². The number of hydrogen-bond acceptors (Lipinski definition) is 2. The predicted octanol–water partition coefficient (Wildman–Crippen LogP) is 4.33. The third-order valence-corrected chi connectivity index (χ3v) is 3.90. The van der Waals surface area contributed by atoms with Crippen LogP contribution >= 0.6 is 15.9 Å². The average Bonchev–Trinajstić information content (AvgIpc) is 2.37. The van der Waals surface area contributed by atoms with Crippen molar-refractivity contribution >= 4 is 22.0 Å². The summed E-state index contributed by atoms with van der Waals surface area (Å²) in [5.41, 5.74) is 0.695. The van der Waals surface area contributed by atoms with Crippen LogP contribution in [-0.2, 0) is 16.8 Å². The van der Waals surface area contributed by atoms with Gasteiger partial charge in [-0.05, 0) is 38.5 Å². The standard InChI is InChI=1S/C16H19BrN2O2/c1-15(2,3)21-14(20)19-9-11-6-7-12(17)8-13(11)16(4,10-19)18-5/h6-8H,9-10H2,1-4H3. The van der Waals surface area contributed by atoms with Crippen molar-refractivity contribution in [1.29, 1.82) is 0 Å². The first-order chi connectivity index (χ1) is 9.64. The maximum atomic E-state index is 12.3. The summed E-state index contributed by atoms with van der Waals surface area (Å²) in [7, 11) is 0. The lowest BCUT2D eigenvalue weighted by Gasteiger charge is -2.35.